The smallest absolute Gasteiger partial charge is 0.224 e. The zero-order valence-electron chi connectivity index (χ0n) is 14.2. The minimum absolute atomic E-state index is 0.0395. The Morgan fingerprint density at radius 1 is 1.08 bits per heavy atom. The summed E-state index contributed by atoms with van der Waals surface area (Å²) in [4.78, 5) is 20.4. The van der Waals surface area contributed by atoms with Crippen LogP contribution >= 0.6 is 11.3 Å². The Bertz CT molecular complexity index is 828. The molecule has 0 aliphatic carbocycles. The second-order valence-corrected chi connectivity index (χ2v) is 6.98. The first-order chi connectivity index (χ1) is 12.1. The van der Waals surface area contributed by atoms with E-state index in [1.54, 1.807) is 23.7 Å². The molecule has 3 aromatic rings. The van der Waals surface area contributed by atoms with E-state index < -0.39 is 0 Å². The molecule has 5 nitrogen and oxygen atoms in total. The molecule has 0 aliphatic rings. The van der Waals surface area contributed by atoms with Gasteiger partial charge in [0.15, 0.2) is 5.13 Å². The molecule has 1 amide bonds. The van der Waals surface area contributed by atoms with E-state index in [1.165, 1.54) is 0 Å². The van der Waals surface area contributed by atoms with E-state index in [4.69, 9.17) is 0 Å². The van der Waals surface area contributed by atoms with Crippen LogP contribution in [-0.4, -0.2) is 15.9 Å². The maximum absolute atomic E-state index is 11.8. The standard InChI is InChI=1S/C19H20N4OS/c1-13(2)11-18(24)21-15-3-5-16(6-4-15)22-19-23-17(12-25-19)14-7-9-20-10-8-14/h3-10,12-13H,11H2,1-2H3,(H,21,24)(H,22,23). The maximum Gasteiger partial charge on any atom is 0.224 e. The minimum atomic E-state index is 0.0395. The van der Waals surface area contributed by atoms with Gasteiger partial charge in [0.2, 0.25) is 5.91 Å². The lowest BCUT2D eigenvalue weighted by atomic mass is 10.1. The number of carbonyl (C=O) groups is 1. The lowest BCUT2D eigenvalue weighted by molar-refractivity contribution is -0.116. The molecule has 0 unspecified atom stereocenters. The summed E-state index contributed by atoms with van der Waals surface area (Å²) in [6.45, 7) is 4.06. The number of benzene rings is 1. The second kappa shape index (κ2) is 7.90. The van der Waals surface area contributed by atoms with Gasteiger partial charge in [0.1, 0.15) is 0 Å². The van der Waals surface area contributed by atoms with Crippen molar-refractivity contribution in [3.63, 3.8) is 0 Å². The van der Waals surface area contributed by atoms with E-state index in [2.05, 4.69) is 20.6 Å². The summed E-state index contributed by atoms with van der Waals surface area (Å²) in [5.41, 5.74) is 3.69. The Morgan fingerprint density at radius 2 is 1.76 bits per heavy atom. The zero-order valence-corrected chi connectivity index (χ0v) is 15.0. The van der Waals surface area contributed by atoms with Crippen molar-refractivity contribution in [3.8, 4) is 11.3 Å². The lowest BCUT2D eigenvalue weighted by Gasteiger charge is -2.08. The largest absolute Gasteiger partial charge is 0.332 e. The highest BCUT2D eigenvalue weighted by Gasteiger charge is 2.07. The van der Waals surface area contributed by atoms with Crippen LogP contribution in [0.4, 0.5) is 16.5 Å². The van der Waals surface area contributed by atoms with Gasteiger partial charge in [0.05, 0.1) is 5.69 Å². The van der Waals surface area contributed by atoms with Gasteiger partial charge in [-0.25, -0.2) is 4.98 Å². The summed E-state index contributed by atoms with van der Waals surface area (Å²) in [5, 5.41) is 9.02. The molecule has 0 saturated heterocycles. The molecule has 0 saturated carbocycles. The Kier molecular flexibility index (Phi) is 5.40. The summed E-state index contributed by atoms with van der Waals surface area (Å²) in [7, 11) is 0. The molecule has 3 rings (SSSR count). The van der Waals surface area contributed by atoms with Crippen LogP contribution in [-0.2, 0) is 4.79 Å². The van der Waals surface area contributed by atoms with Crippen LogP contribution in [0, 0.1) is 5.92 Å². The number of nitrogens with zero attached hydrogens (tertiary/aromatic N) is 2. The van der Waals surface area contributed by atoms with Gasteiger partial charge in [0.25, 0.3) is 0 Å². The SMILES string of the molecule is CC(C)CC(=O)Nc1ccc(Nc2nc(-c3ccncc3)cs2)cc1. The molecule has 25 heavy (non-hydrogen) atoms. The number of anilines is 3. The number of amides is 1. The van der Waals surface area contributed by atoms with E-state index in [9.17, 15) is 4.79 Å². The quantitative estimate of drug-likeness (QED) is 0.660. The number of hydrogen-bond acceptors (Lipinski definition) is 5. The van der Waals surface area contributed by atoms with E-state index >= 15 is 0 Å². The molecule has 0 fully saturated rings. The van der Waals surface area contributed by atoms with Crippen LogP contribution in [0.25, 0.3) is 11.3 Å². The van der Waals surface area contributed by atoms with Crippen molar-refractivity contribution in [1.82, 2.24) is 9.97 Å². The predicted molar refractivity (Wildman–Crippen MR) is 103 cm³/mol. The number of carbonyl (C=O) groups excluding carboxylic acids is 1. The predicted octanol–water partition coefficient (Wildman–Crippen LogP) is 4.93. The molecular weight excluding hydrogens is 332 g/mol. The average molecular weight is 352 g/mol. The van der Waals surface area contributed by atoms with Crippen LogP contribution in [0.15, 0.2) is 54.2 Å². The summed E-state index contributed by atoms with van der Waals surface area (Å²) in [6.07, 6.45) is 4.04. The van der Waals surface area contributed by atoms with Gasteiger partial charge in [-0.3, -0.25) is 9.78 Å². The molecule has 2 aromatic heterocycles. The van der Waals surface area contributed by atoms with Crippen molar-refractivity contribution in [2.75, 3.05) is 10.6 Å². The summed E-state index contributed by atoms with van der Waals surface area (Å²) in [6, 6.07) is 11.5. The monoisotopic (exact) mass is 352 g/mol. The van der Waals surface area contributed by atoms with Crippen molar-refractivity contribution in [1.29, 1.82) is 0 Å². The van der Waals surface area contributed by atoms with Gasteiger partial charge >= 0.3 is 0 Å². The fourth-order valence-electron chi connectivity index (χ4n) is 2.33. The third kappa shape index (κ3) is 4.87. The van der Waals surface area contributed by atoms with Gasteiger partial charge < -0.3 is 10.6 Å². The maximum atomic E-state index is 11.8. The van der Waals surface area contributed by atoms with Crippen molar-refractivity contribution >= 4 is 33.8 Å². The third-order valence-corrected chi connectivity index (χ3v) is 4.25. The van der Waals surface area contributed by atoms with Crippen molar-refractivity contribution in [2.24, 2.45) is 5.92 Å². The van der Waals surface area contributed by atoms with Gasteiger partial charge in [-0.1, -0.05) is 13.8 Å². The number of nitrogens with one attached hydrogen (secondary N) is 2. The van der Waals surface area contributed by atoms with Crippen molar-refractivity contribution in [3.05, 3.63) is 54.2 Å². The Balaban J connectivity index is 1.62. The molecule has 1 aromatic carbocycles. The molecule has 0 atom stereocenters. The van der Waals surface area contributed by atoms with Crippen LogP contribution in [0.2, 0.25) is 0 Å². The molecule has 2 N–H and O–H groups in total. The number of hydrogen-bond donors (Lipinski definition) is 2. The molecule has 0 bridgehead atoms. The molecule has 0 radical (unpaired) electrons. The summed E-state index contributed by atoms with van der Waals surface area (Å²) >= 11 is 1.55. The Hall–Kier alpha value is -2.73. The topological polar surface area (TPSA) is 66.9 Å². The minimum Gasteiger partial charge on any atom is -0.332 e. The normalized spacial score (nSPS) is 10.7. The molecule has 6 heteroatoms. The van der Waals surface area contributed by atoms with E-state index in [1.807, 2.05) is 55.6 Å². The molecule has 0 aliphatic heterocycles. The fourth-order valence-corrected chi connectivity index (χ4v) is 3.07. The van der Waals surface area contributed by atoms with Crippen LogP contribution in [0.3, 0.4) is 0 Å². The van der Waals surface area contributed by atoms with E-state index in [0.717, 1.165) is 27.8 Å². The Labute approximate surface area is 151 Å². The highest BCUT2D eigenvalue weighted by molar-refractivity contribution is 7.14. The number of aromatic nitrogens is 2. The second-order valence-electron chi connectivity index (χ2n) is 6.12. The van der Waals surface area contributed by atoms with Gasteiger partial charge in [-0.2, -0.15) is 0 Å². The molecule has 0 spiro atoms. The third-order valence-electron chi connectivity index (χ3n) is 3.49. The highest BCUT2D eigenvalue weighted by Crippen LogP contribution is 2.27. The van der Waals surface area contributed by atoms with Crippen LogP contribution < -0.4 is 10.6 Å². The number of pyridine rings is 1. The zero-order chi connectivity index (χ0) is 17.6. The number of thiazole rings is 1. The average Bonchev–Trinajstić information content (AvgIpc) is 3.05. The van der Waals surface area contributed by atoms with Gasteiger partial charge in [0, 0.05) is 41.1 Å². The summed E-state index contributed by atoms with van der Waals surface area (Å²) < 4.78 is 0. The van der Waals surface area contributed by atoms with Gasteiger partial charge in [-0.15, -0.1) is 11.3 Å². The van der Waals surface area contributed by atoms with Crippen molar-refractivity contribution < 1.29 is 4.79 Å². The first-order valence-corrected chi connectivity index (χ1v) is 9.01. The lowest BCUT2D eigenvalue weighted by Crippen LogP contribution is -2.13. The van der Waals surface area contributed by atoms with Gasteiger partial charge in [-0.05, 0) is 42.3 Å². The first kappa shape index (κ1) is 17.1. The van der Waals surface area contributed by atoms with E-state index in [-0.39, 0.29) is 5.91 Å². The molecule has 2 heterocycles. The van der Waals surface area contributed by atoms with Crippen molar-refractivity contribution in [2.45, 2.75) is 20.3 Å². The van der Waals surface area contributed by atoms with Crippen LogP contribution in [0.5, 0.6) is 0 Å². The molecular formula is C19H20N4OS. The first-order valence-electron chi connectivity index (χ1n) is 8.13. The summed E-state index contributed by atoms with van der Waals surface area (Å²) in [5.74, 6) is 0.387. The van der Waals surface area contributed by atoms with E-state index in [0.29, 0.717) is 12.3 Å². The fraction of sp³-hybridized carbons (Fsp3) is 0.211. The Morgan fingerprint density at radius 3 is 2.44 bits per heavy atom. The van der Waals surface area contributed by atoms with Crippen LogP contribution in [0.1, 0.15) is 20.3 Å². The highest BCUT2D eigenvalue weighted by atomic mass is 32.1. The number of rotatable bonds is 6. The molecule has 128 valence electrons.